The highest BCUT2D eigenvalue weighted by molar-refractivity contribution is 5.27. The molecule has 0 N–H and O–H groups in total. The van der Waals surface area contributed by atoms with Crippen molar-refractivity contribution in [2.45, 2.75) is 33.1 Å². The third kappa shape index (κ3) is 0.339. The molecule has 4 atom stereocenters. The van der Waals surface area contributed by atoms with Gasteiger partial charge < -0.3 is 0 Å². The van der Waals surface area contributed by atoms with E-state index in [0.29, 0.717) is 0 Å². The first-order valence-electron chi connectivity index (χ1n) is 4.79. The first-order chi connectivity index (χ1) is 4.79. The smallest absolute Gasteiger partial charge is 0.0178 e. The van der Waals surface area contributed by atoms with E-state index < -0.39 is 0 Å². The average molecular weight is 136 g/mol. The molecular formula is C10H16. The third-order valence-corrected chi connectivity index (χ3v) is 4.91. The monoisotopic (exact) mass is 136 g/mol. The van der Waals surface area contributed by atoms with Gasteiger partial charge in [-0.2, -0.15) is 0 Å². The molecule has 3 fully saturated rings. The summed E-state index contributed by atoms with van der Waals surface area (Å²) in [5.41, 5.74) is 0.929. The molecule has 0 radical (unpaired) electrons. The molecule has 0 heterocycles. The Morgan fingerprint density at radius 1 is 1.00 bits per heavy atom. The lowest BCUT2D eigenvalue weighted by Gasteiger charge is -1.97. The first kappa shape index (κ1) is 5.62. The second kappa shape index (κ2) is 1.31. The minimum Gasteiger partial charge on any atom is -0.0617 e. The maximum Gasteiger partial charge on any atom is -0.0178 e. The van der Waals surface area contributed by atoms with Crippen molar-refractivity contribution in [2.75, 3.05) is 0 Å². The molecule has 3 aliphatic carbocycles. The average Bonchev–Trinajstić information content (AvgIpc) is 2.61. The van der Waals surface area contributed by atoms with Crippen molar-refractivity contribution in [2.24, 2.45) is 29.1 Å². The van der Waals surface area contributed by atoms with Crippen LogP contribution >= 0.6 is 0 Å². The summed E-state index contributed by atoms with van der Waals surface area (Å²) in [6.45, 7) is 4.92. The van der Waals surface area contributed by atoms with Gasteiger partial charge in [0.05, 0.1) is 0 Å². The Kier molecular flexibility index (Phi) is 0.735. The second-order valence-electron chi connectivity index (χ2n) is 4.72. The van der Waals surface area contributed by atoms with Crippen LogP contribution in [0.25, 0.3) is 0 Å². The summed E-state index contributed by atoms with van der Waals surface area (Å²) in [5, 5.41) is 0. The van der Waals surface area contributed by atoms with Crippen LogP contribution in [0, 0.1) is 29.1 Å². The van der Waals surface area contributed by atoms with E-state index in [1.165, 1.54) is 18.3 Å². The van der Waals surface area contributed by atoms with Gasteiger partial charge in [-0.1, -0.05) is 20.3 Å². The minimum atomic E-state index is 0.929. The number of hydrogen-bond acceptors (Lipinski definition) is 0. The van der Waals surface area contributed by atoms with Gasteiger partial charge in [-0.3, -0.25) is 0 Å². The lowest BCUT2D eigenvalue weighted by Crippen LogP contribution is -1.88. The number of fused-ring (bicyclic) bond motifs is 3. The van der Waals surface area contributed by atoms with Crippen molar-refractivity contribution < 1.29 is 0 Å². The molecule has 4 unspecified atom stereocenters. The van der Waals surface area contributed by atoms with Crippen molar-refractivity contribution in [1.82, 2.24) is 0 Å². The number of hydrogen-bond donors (Lipinski definition) is 0. The van der Waals surface area contributed by atoms with Gasteiger partial charge in [-0.25, -0.2) is 0 Å². The highest BCUT2D eigenvalue weighted by Crippen LogP contribution is 2.85. The SMILES string of the molecule is CC1C(C)C12C1CCCC12. The fraction of sp³-hybridized carbons (Fsp3) is 1.00. The summed E-state index contributed by atoms with van der Waals surface area (Å²) in [6, 6.07) is 0. The van der Waals surface area contributed by atoms with Crippen LogP contribution < -0.4 is 0 Å². The Balaban J connectivity index is 1.89. The van der Waals surface area contributed by atoms with Crippen LogP contribution in [-0.2, 0) is 0 Å². The molecule has 0 aromatic carbocycles. The predicted octanol–water partition coefficient (Wildman–Crippen LogP) is 2.69. The van der Waals surface area contributed by atoms with Crippen LogP contribution in [0.5, 0.6) is 0 Å². The number of rotatable bonds is 0. The van der Waals surface area contributed by atoms with Gasteiger partial charge in [-0.15, -0.1) is 0 Å². The molecule has 10 heavy (non-hydrogen) atoms. The summed E-state index contributed by atoms with van der Waals surface area (Å²) >= 11 is 0. The van der Waals surface area contributed by atoms with Crippen LogP contribution in [0.3, 0.4) is 0 Å². The zero-order valence-corrected chi connectivity index (χ0v) is 6.93. The normalized spacial score (nSPS) is 70.2. The Morgan fingerprint density at radius 3 is 1.80 bits per heavy atom. The predicted molar refractivity (Wildman–Crippen MR) is 41.6 cm³/mol. The third-order valence-electron chi connectivity index (χ3n) is 4.91. The van der Waals surface area contributed by atoms with E-state index in [1.807, 2.05) is 0 Å². The van der Waals surface area contributed by atoms with Gasteiger partial charge >= 0.3 is 0 Å². The molecule has 0 bridgehead atoms. The zero-order chi connectivity index (χ0) is 6.93. The van der Waals surface area contributed by atoms with Crippen molar-refractivity contribution in [3.63, 3.8) is 0 Å². The summed E-state index contributed by atoms with van der Waals surface area (Å²) in [4.78, 5) is 0. The van der Waals surface area contributed by atoms with E-state index in [1.54, 1.807) is 12.8 Å². The summed E-state index contributed by atoms with van der Waals surface area (Å²) in [5.74, 6) is 4.56. The molecule has 0 aromatic rings. The molecule has 0 amide bonds. The molecule has 0 heteroatoms. The quantitative estimate of drug-likeness (QED) is 0.480. The molecule has 0 aromatic heterocycles. The highest BCUT2D eigenvalue weighted by Gasteiger charge is 2.80. The summed E-state index contributed by atoms with van der Waals surface area (Å²) in [7, 11) is 0. The van der Waals surface area contributed by atoms with Gasteiger partial charge in [0.1, 0.15) is 0 Å². The fourth-order valence-electron chi connectivity index (χ4n) is 4.24. The Morgan fingerprint density at radius 2 is 1.50 bits per heavy atom. The van der Waals surface area contributed by atoms with E-state index in [0.717, 1.165) is 17.3 Å². The largest absolute Gasteiger partial charge is 0.0617 e. The Bertz CT molecular complexity index is 162. The summed E-state index contributed by atoms with van der Waals surface area (Å²) < 4.78 is 0. The topological polar surface area (TPSA) is 0 Å². The molecule has 3 rings (SSSR count). The van der Waals surface area contributed by atoms with Gasteiger partial charge in [0.2, 0.25) is 0 Å². The van der Waals surface area contributed by atoms with Crippen molar-refractivity contribution >= 4 is 0 Å². The lowest BCUT2D eigenvalue weighted by molar-refractivity contribution is 0.529. The fourth-order valence-corrected chi connectivity index (χ4v) is 4.24. The van der Waals surface area contributed by atoms with Crippen LogP contribution in [0.4, 0.5) is 0 Å². The zero-order valence-electron chi connectivity index (χ0n) is 6.93. The van der Waals surface area contributed by atoms with Gasteiger partial charge in [0.25, 0.3) is 0 Å². The van der Waals surface area contributed by atoms with Crippen LogP contribution in [0.2, 0.25) is 0 Å². The Hall–Kier alpha value is 0. The maximum atomic E-state index is 2.46. The molecule has 3 saturated carbocycles. The van der Waals surface area contributed by atoms with Crippen LogP contribution in [0.15, 0.2) is 0 Å². The molecule has 1 spiro atoms. The van der Waals surface area contributed by atoms with Crippen LogP contribution in [-0.4, -0.2) is 0 Å². The van der Waals surface area contributed by atoms with Crippen molar-refractivity contribution in [3.05, 3.63) is 0 Å². The van der Waals surface area contributed by atoms with E-state index in [9.17, 15) is 0 Å². The van der Waals surface area contributed by atoms with Gasteiger partial charge in [0, 0.05) is 0 Å². The maximum absolute atomic E-state index is 2.46. The molecule has 0 saturated heterocycles. The highest BCUT2D eigenvalue weighted by atomic mass is 14.8. The van der Waals surface area contributed by atoms with Gasteiger partial charge in [-0.05, 0) is 41.9 Å². The molecule has 3 aliphatic rings. The molecule has 56 valence electrons. The van der Waals surface area contributed by atoms with Crippen LogP contribution in [0.1, 0.15) is 33.1 Å². The second-order valence-corrected chi connectivity index (χ2v) is 4.72. The van der Waals surface area contributed by atoms with Crippen molar-refractivity contribution in [3.8, 4) is 0 Å². The van der Waals surface area contributed by atoms with E-state index in [4.69, 9.17) is 0 Å². The van der Waals surface area contributed by atoms with Gasteiger partial charge in [0.15, 0.2) is 0 Å². The first-order valence-corrected chi connectivity index (χ1v) is 4.79. The minimum absolute atomic E-state index is 0.929. The lowest BCUT2D eigenvalue weighted by atomic mass is 10.1. The Labute approximate surface area is 63.0 Å². The van der Waals surface area contributed by atoms with Crippen molar-refractivity contribution in [1.29, 1.82) is 0 Å². The molecular weight excluding hydrogens is 120 g/mol. The summed E-state index contributed by atoms with van der Waals surface area (Å²) in [6.07, 6.45) is 4.68. The van der Waals surface area contributed by atoms with E-state index in [2.05, 4.69) is 13.8 Å². The molecule has 0 nitrogen and oxygen atoms in total. The molecule has 0 aliphatic heterocycles. The van der Waals surface area contributed by atoms with E-state index >= 15 is 0 Å². The van der Waals surface area contributed by atoms with E-state index in [-0.39, 0.29) is 0 Å². The standard InChI is InChI=1S/C10H16/c1-6-7(2)10(6)8-4-3-5-9(8)10/h6-9H,3-5H2,1-2H3.